The number of hydrogen-bond acceptors (Lipinski definition) is 3. The van der Waals surface area contributed by atoms with Crippen molar-refractivity contribution in [3.63, 3.8) is 0 Å². The number of unbranched alkanes of at least 4 members (excludes halogenated alkanes) is 1. The maximum Gasteiger partial charge on any atom is 0.221 e. The smallest absolute Gasteiger partial charge is 0.221 e. The number of nitrogens with zero attached hydrogens (tertiary/aromatic N) is 2. The van der Waals surface area contributed by atoms with Gasteiger partial charge in [0.1, 0.15) is 11.0 Å². The zero-order chi connectivity index (χ0) is 11.3. The Bertz CT molecular complexity index is 353. The summed E-state index contributed by atoms with van der Waals surface area (Å²) in [5, 5.41) is 0.459. The van der Waals surface area contributed by atoms with E-state index in [1.807, 2.05) is 13.0 Å². The van der Waals surface area contributed by atoms with Crippen LogP contribution in [0.5, 0.6) is 5.88 Å². The third-order valence-corrected chi connectivity index (χ3v) is 2.31. The number of rotatable bonds is 5. The zero-order valence-electron chi connectivity index (χ0n) is 9.09. The Labute approximate surface area is 95.2 Å². The highest BCUT2D eigenvalue weighted by molar-refractivity contribution is 6.30. The summed E-state index contributed by atoms with van der Waals surface area (Å²) in [4.78, 5) is 8.22. The summed E-state index contributed by atoms with van der Waals surface area (Å²) in [5.41, 5.74) is 0.792. The Hall–Kier alpha value is -1.09. The highest BCUT2D eigenvalue weighted by Gasteiger charge is 2.07. The standard InChI is InChI=1S/C11H15ClN2O/c1-4-5-6-7-15-11-8(2)10(12)13-9(3)14-11/h4H,1,5-7H2,2-3H3. The summed E-state index contributed by atoms with van der Waals surface area (Å²) in [6.45, 7) is 7.92. The average molecular weight is 227 g/mol. The maximum atomic E-state index is 5.91. The van der Waals surface area contributed by atoms with Gasteiger partial charge in [-0.25, -0.2) is 4.98 Å². The lowest BCUT2D eigenvalue weighted by molar-refractivity contribution is 0.297. The van der Waals surface area contributed by atoms with Gasteiger partial charge in [0.15, 0.2) is 0 Å². The van der Waals surface area contributed by atoms with Crippen LogP contribution >= 0.6 is 11.6 Å². The Kier molecular flexibility index (Phi) is 4.56. The molecule has 0 saturated heterocycles. The van der Waals surface area contributed by atoms with E-state index < -0.39 is 0 Å². The van der Waals surface area contributed by atoms with Gasteiger partial charge in [0, 0.05) is 5.56 Å². The highest BCUT2D eigenvalue weighted by atomic mass is 35.5. The Balaban J connectivity index is 2.63. The van der Waals surface area contributed by atoms with Gasteiger partial charge in [-0.1, -0.05) is 17.7 Å². The zero-order valence-corrected chi connectivity index (χ0v) is 9.84. The molecular weight excluding hydrogens is 212 g/mol. The second-order valence-corrected chi connectivity index (χ2v) is 3.63. The van der Waals surface area contributed by atoms with Gasteiger partial charge in [-0.05, 0) is 26.7 Å². The van der Waals surface area contributed by atoms with E-state index in [-0.39, 0.29) is 0 Å². The van der Waals surface area contributed by atoms with E-state index in [2.05, 4.69) is 16.5 Å². The summed E-state index contributed by atoms with van der Waals surface area (Å²) in [5.74, 6) is 1.21. The van der Waals surface area contributed by atoms with Crippen molar-refractivity contribution in [1.82, 2.24) is 9.97 Å². The summed E-state index contributed by atoms with van der Waals surface area (Å²) in [7, 11) is 0. The van der Waals surface area contributed by atoms with Crippen LogP contribution in [0.4, 0.5) is 0 Å². The van der Waals surface area contributed by atoms with Crippen molar-refractivity contribution in [1.29, 1.82) is 0 Å². The first-order valence-corrected chi connectivity index (χ1v) is 5.27. The van der Waals surface area contributed by atoms with Gasteiger partial charge in [0.25, 0.3) is 0 Å². The third kappa shape index (κ3) is 3.51. The van der Waals surface area contributed by atoms with Gasteiger partial charge in [-0.15, -0.1) is 6.58 Å². The molecule has 15 heavy (non-hydrogen) atoms. The molecule has 0 atom stereocenters. The summed E-state index contributed by atoms with van der Waals surface area (Å²) >= 11 is 5.91. The minimum atomic E-state index is 0.459. The fraction of sp³-hybridized carbons (Fsp3) is 0.455. The first-order valence-electron chi connectivity index (χ1n) is 4.89. The Morgan fingerprint density at radius 3 is 2.80 bits per heavy atom. The molecule has 1 aromatic rings. The second-order valence-electron chi connectivity index (χ2n) is 3.27. The van der Waals surface area contributed by atoms with Crippen LogP contribution in [0, 0.1) is 13.8 Å². The topological polar surface area (TPSA) is 35.0 Å². The second kappa shape index (κ2) is 5.71. The fourth-order valence-corrected chi connectivity index (χ4v) is 1.31. The molecule has 0 unspecified atom stereocenters. The summed E-state index contributed by atoms with van der Waals surface area (Å²) in [6, 6.07) is 0. The van der Waals surface area contributed by atoms with Crippen LogP contribution in [0.2, 0.25) is 5.15 Å². The van der Waals surface area contributed by atoms with Crippen molar-refractivity contribution in [3.8, 4) is 5.88 Å². The lowest BCUT2D eigenvalue weighted by Crippen LogP contribution is -2.03. The van der Waals surface area contributed by atoms with Crippen LogP contribution in [-0.2, 0) is 0 Å². The molecule has 0 radical (unpaired) electrons. The van der Waals surface area contributed by atoms with Crippen LogP contribution in [-0.4, -0.2) is 16.6 Å². The van der Waals surface area contributed by atoms with E-state index >= 15 is 0 Å². The number of aromatic nitrogens is 2. The number of allylic oxidation sites excluding steroid dienone is 1. The number of aryl methyl sites for hydroxylation is 1. The molecule has 0 amide bonds. The molecule has 0 fully saturated rings. The summed E-state index contributed by atoms with van der Waals surface area (Å²) < 4.78 is 5.52. The molecule has 1 aromatic heterocycles. The van der Waals surface area contributed by atoms with Crippen LogP contribution < -0.4 is 4.74 Å². The normalized spacial score (nSPS) is 10.1. The van der Waals surface area contributed by atoms with E-state index in [1.54, 1.807) is 6.92 Å². The molecule has 0 aliphatic heterocycles. The lowest BCUT2D eigenvalue weighted by Gasteiger charge is -2.08. The molecule has 1 heterocycles. The van der Waals surface area contributed by atoms with Crippen LogP contribution in [0.1, 0.15) is 24.2 Å². The molecule has 0 aromatic carbocycles. The molecule has 4 heteroatoms. The van der Waals surface area contributed by atoms with Crippen LogP contribution in [0.15, 0.2) is 12.7 Å². The van der Waals surface area contributed by atoms with Gasteiger partial charge in [-0.3, -0.25) is 0 Å². The van der Waals surface area contributed by atoms with Gasteiger partial charge in [-0.2, -0.15) is 4.98 Å². The van der Waals surface area contributed by atoms with Crippen molar-refractivity contribution in [2.24, 2.45) is 0 Å². The van der Waals surface area contributed by atoms with Crippen molar-refractivity contribution < 1.29 is 4.74 Å². The van der Waals surface area contributed by atoms with Crippen LogP contribution in [0.25, 0.3) is 0 Å². The number of hydrogen-bond donors (Lipinski definition) is 0. The van der Waals surface area contributed by atoms with Crippen molar-refractivity contribution in [2.75, 3.05) is 6.61 Å². The first-order chi connectivity index (χ1) is 7.15. The quantitative estimate of drug-likeness (QED) is 0.440. The van der Waals surface area contributed by atoms with Gasteiger partial charge in [0.2, 0.25) is 5.88 Å². The minimum Gasteiger partial charge on any atom is -0.477 e. The fourth-order valence-electron chi connectivity index (χ4n) is 1.11. The maximum absolute atomic E-state index is 5.91. The number of ether oxygens (including phenoxy) is 1. The molecule has 82 valence electrons. The molecule has 0 saturated carbocycles. The van der Waals surface area contributed by atoms with E-state index in [4.69, 9.17) is 16.3 Å². The Morgan fingerprint density at radius 2 is 2.13 bits per heavy atom. The molecule has 0 N–H and O–H groups in total. The molecule has 0 aliphatic carbocycles. The minimum absolute atomic E-state index is 0.459. The van der Waals surface area contributed by atoms with Gasteiger partial charge >= 0.3 is 0 Å². The molecule has 3 nitrogen and oxygen atoms in total. The molecule has 0 aliphatic rings. The van der Waals surface area contributed by atoms with E-state index in [1.165, 1.54) is 0 Å². The van der Waals surface area contributed by atoms with E-state index in [0.717, 1.165) is 18.4 Å². The lowest BCUT2D eigenvalue weighted by atomic mass is 10.3. The molecular formula is C11H15ClN2O. The summed E-state index contributed by atoms with van der Waals surface area (Å²) in [6.07, 6.45) is 3.74. The molecule has 0 bridgehead atoms. The average Bonchev–Trinajstić information content (AvgIpc) is 2.19. The van der Waals surface area contributed by atoms with E-state index in [0.29, 0.717) is 23.5 Å². The largest absolute Gasteiger partial charge is 0.477 e. The Morgan fingerprint density at radius 1 is 1.40 bits per heavy atom. The van der Waals surface area contributed by atoms with Crippen molar-refractivity contribution in [3.05, 3.63) is 29.2 Å². The predicted octanol–water partition coefficient (Wildman–Crippen LogP) is 3.09. The van der Waals surface area contributed by atoms with E-state index in [9.17, 15) is 0 Å². The third-order valence-electron chi connectivity index (χ3n) is 1.94. The van der Waals surface area contributed by atoms with Crippen LogP contribution in [0.3, 0.4) is 0 Å². The van der Waals surface area contributed by atoms with Crippen molar-refractivity contribution >= 4 is 11.6 Å². The first kappa shape index (κ1) is 12.0. The SMILES string of the molecule is C=CCCCOc1nc(C)nc(Cl)c1C. The van der Waals surface area contributed by atoms with Crippen molar-refractivity contribution in [2.45, 2.75) is 26.7 Å². The molecule has 1 rings (SSSR count). The monoisotopic (exact) mass is 226 g/mol. The molecule has 0 spiro atoms. The predicted molar refractivity (Wildman–Crippen MR) is 61.4 cm³/mol. The highest BCUT2D eigenvalue weighted by Crippen LogP contribution is 2.21. The van der Waals surface area contributed by atoms with Gasteiger partial charge in [0.05, 0.1) is 6.61 Å². The van der Waals surface area contributed by atoms with Gasteiger partial charge < -0.3 is 4.74 Å². The number of halogens is 1.